The third kappa shape index (κ3) is 3.39. The maximum absolute atomic E-state index is 12.7. The fourth-order valence-corrected chi connectivity index (χ4v) is 4.04. The number of hydrogen-bond acceptors (Lipinski definition) is 5. The number of thioether (sulfide) groups is 1. The van der Waals surface area contributed by atoms with Gasteiger partial charge in [-0.2, -0.15) is 0 Å². The molecule has 142 valence electrons. The van der Waals surface area contributed by atoms with Crippen molar-refractivity contribution in [2.45, 2.75) is 39.3 Å². The van der Waals surface area contributed by atoms with Crippen molar-refractivity contribution < 1.29 is 19.1 Å². The molecule has 27 heavy (non-hydrogen) atoms. The summed E-state index contributed by atoms with van der Waals surface area (Å²) < 4.78 is 6.84. The van der Waals surface area contributed by atoms with Gasteiger partial charge in [0, 0.05) is 28.7 Å². The first kappa shape index (κ1) is 19.2. The highest BCUT2D eigenvalue weighted by Gasteiger charge is 2.41. The summed E-state index contributed by atoms with van der Waals surface area (Å²) >= 11 is 0.846. The molecule has 1 aromatic heterocycles. The van der Waals surface area contributed by atoms with Crippen LogP contribution in [0, 0.1) is 0 Å². The minimum Gasteiger partial charge on any atom is -0.467 e. The lowest BCUT2D eigenvalue weighted by atomic mass is 10.1. The van der Waals surface area contributed by atoms with Gasteiger partial charge in [0.05, 0.1) is 12.0 Å². The van der Waals surface area contributed by atoms with Crippen LogP contribution in [0.5, 0.6) is 0 Å². The van der Waals surface area contributed by atoms with E-state index < -0.39 is 23.2 Å². The Morgan fingerprint density at radius 3 is 2.63 bits per heavy atom. The number of methoxy groups -OCH3 is 1. The van der Waals surface area contributed by atoms with Crippen LogP contribution >= 0.6 is 11.8 Å². The molecule has 6 nitrogen and oxygen atoms in total. The fraction of sp³-hybridized carbons (Fsp3) is 0.350. The number of para-hydroxylation sites is 1. The van der Waals surface area contributed by atoms with Crippen molar-refractivity contribution in [1.29, 1.82) is 0 Å². The van der Waals surface area contributed by atoms with E-state index in [9.17, 15) is 14.4 Å². The van der Waals surface area contributed by atoms with Crippen LogP contribution < -0.4 is 0 Å². The van der Waals surface area contributed by atoms with Gasteiger partial charge in [0.1, 0.15) is 6.04 Å². The molecule has 2 amide bonds. The quantitative estimate of drug-likeness (QED) is 0.569. The molecule has 0 unspecified atom stereocenters. The number of ether oxygens (including phenoxy) is 1. The molecule has 2 atom stereocenters. The highest BCUT2D eigenvalue weighted by atomic mass is 32.2. The molecule has 1 fully saturated rings. The molecule has 1 aliphatic heterocycles. The Hall–Kier alpha value is -2.54. The van der Waals surface area contributed by atoms with Gasteiger partial charge in [0.2, 0.25) is 0 Å². The van der Waals surface area contributed by atoms with E-state index in [-0.39, 0.29) is 0 Å². The van der Waals surface area contributed by atoms with Crippen molar-refractivity contribution in [3.8, 4) is 0 Å². The number of fused-ring (bicyclic) bond motifs is 1. The third-order valence-corrected chi connectivity index (χ3v) is 5.76. The highest BCUT2D eigenvalue weighted by Crippen LogP contribution is 2.36. The van der Waals surface area contributed by atoms with Crippen molar-refractivity contribution in [3.63, 3.8) is 0 Å². The Bertz CT molecular complexity index is 947. The van der Waals surface area contributed by atoms with Crippen LogP contribution in [0.1, 0.15) is 38.8 Å². The molecule has 0 bridgehead atoms. The second-order valence-electron chi connectivity index (χ2n) is 6.52. The third-order valence-electron chi connectivity index (χ3n) is 4.88. The van der Waals surface area contributed by atoms with Crippen LogP contribution in [-0.4, -0.2) is 39.7 Å². The van der Waals surface area contributed by atoms with Crippen LogP contribution in [0.4, 0.5) is 4.79 Å². The molecule has 0 aliphatic carbocycles. The number of amides is 2. The lowest BCUT2D eigenvalue weighted by Crippen LogP contribution is -2.42. The molecular weight excluding hydrogens is 364 g/mol. The molecule has 1 aliphatic rings. The standard InChI is InChI=1S/C20H22N2O4S/c1-5-12(2)21-11-14(15-8-6-7-9-16(15)21)10-17-18(23)22(20(25)27-17)13(3)19(24)26-4/h6-13H,5H2,1-4H3/b17-10+/t12-,13+/m1/s1. The largest absolute Gasteiger partial charge is 0.467 e. The Morgan fingerprint density at radius 2 is 1.96 bits per heavy atom. The summed E-state index contributed by atoms with van der Waals surface area (Å²) in [5.41, 5.74) is 1.96. The zero-order chi connectivity index (χ0) is 19.7. The molecule has 7 heteroatoms. The Kier molecular flexibility index (Phi) is 5.41. The zero-order valence-corrected chi connectivity index (χ0v) is 16.6. The predicted molar refractivity (Wildman–Crippen MR) is 106 cm³/mol. The number of benzene rings is 1. The first-order chi connectivity index (χ1) is 12.9. The van der Waals surface area contributed by atoms with Gasteiger partial charge in [0.25, 0.3) is 11.1 Å². The summed E-state index contributed by atoms with van der Waals surface area (Å²) in [6, 6.07) is 7.34. The topological polar surface area (TPSA) is 68.6 Å². The van der Waals surface area contributed by atoms with Crippen LogP contribution in [0.25, 0.3) is 17.0 Å². The number of carbonyl (C=O) groups is 3. The van der Waals surface area contributed by atoms with Crippen LogP contribution in [0.15, 0.2) is 35.4 Å². The number of rotatable bonds is 5. The number of nitrogens with zero attached hydrogens (tertiary/aromatic N) is 2. The van der Waals surface area contributed by atoms with E-state index in [0.29, 0.717) is 10.9 Å². The van der Waals surface area contributed by atoms with E-state index in [1.807, 2.05) is 30.5 Å². The molecule has 2 aromatic rings. The summed E-state index contributed by atoms with van der Waals surface area (Å²) in [5.74, 6) is -1.09. The van der Waals surface area contributed by atoms with Crippen molar-refractivity contribution >= 4 is 45.9 Å². The highest BCUT2D eigenvalue weighted by molar-refractivity contribution is 8.18. The van der Waals surface area contributed by atoms with Gasteiger partial charge < -0.3 is 9.30 Å². The van der Waals surface area contributed by atoms with E-state index in [1.54, 1.807) is 6.08 Å². The molecule has 0 spiro atoms. The van der Waals surface area contributed by atoms with Crippen molar-refractivity contribution in [1.82, 2.24) is 9.47 Å². The minimum absolute atomic E-state index is 0.308. The van der Waals surface area contributed by atoms with Gasteiger partial charge in [-0.25, -0.2) is 4.79 Å². The first-order valence-corrected chi connectivity index (χ1v) is 9.65. The summed E-state index contributed by atoms with van der Waals surface area (Å²) in [6.45, 7) is 5.75. The Morgan fingerprint density at radius 1 is 1.26 bits per heavy atom. The fourth-order valence-electron chi connectivity index (χ4n) is 3.14. The van der Waals surface area contributed by atoms with Crippen LogP contribution in [0.3, 0.4) is 0 Å². The first-order valence-electron chi connectivity index (χ1n) is 8.83. The zero-order valence-electron chi connectivity index (χ0n) is 15.8. The molecule has 1 saturated heterocycles. The van der Waals surface area contributed by atoms with Crippen molar-refractivity contribution in [3.05, 3.63) is 40.9 Å². The summed E-state index contributed by atoms with van der Waals surface area (Å²) in [4.78, 5) is 38.0. The Balaban J connectivity index is 2.02. The van der Waals surface area contributed by atoms with Gasteiger partial charge >= 0.3 is 5.97 Å². The molecule has 0 radical (unpaired) electrons. The number of carbonyl (C=O) groups excluding carboxylic acids is 3. The lowest BCUT2D eigenvalue weighted by molar-refractivity contribution is -0.148. The minimum atomic E-state index is -0.949. The molecule has 1 aromatic carbocycles. The molecule has 0 N–H and O–H groups in total. The monoisotopic (exact) mass is 386 g/mol. The van der Waals surface area contributed by atoms with E-state index >= 15 is 0 Å². The summed E-state index contributed by atoms with van der Waals surface area (Å²) in [5, 5.41) is 0.556. The maximum Gasteiger partial charge on any atom is 0.328 e. The van der Waals surface area contributed by atoms with E-state index in [4.69, 9.17) is 0 Å². The molecule has 3 rings (SSSR count). The molecule has 0 saturated carbocycles. The van der Waals surface area contributed by atoms with Crippen LogP contribution in [-0.2, 0) is 14.3 Å². The maximum atomic E-state index is 12.7. The normalized spacial score (nSPS) is 18.4. The number of imide groups is 1. The lowest BCUT2D eigenvalue weighted by Gasteiger charge is -2.18. The second kappa shape index (κ2) is 7.60. The average molecular weight is 386 g/mol. The van der Waals surface area contributed by atoms with Gasteiger partial charge in [-0.1, -0.05) is 25.1 Å². The second-order valence-corrected chi connectivity index (χ2v) is 7.51. The SMILES string of the molecule is CC[C@@H](C)n1cc(/C=C2/SC(=O)N([C@@H](C)C(=O)OC)C2=O)c2ccccc21. The van der Waals surface area contributed by atoms with Gasteiger partial charge in [0.15, 0.2) is 0 Å². The summed E-state index contributed by atoms with van der Waals surface area (Å²) in [7, 11) is 1.23. The number of aromatic nitrogens is 1. The van der Waals surface area contributed by atoms with E-state index in [0.717, 1.165) is 39.5 Å². The number of hydrogen-bond donors (Lipinski definition) is 0. The van der Waals surface area contributed by atoms with E-state index in [1.165, 1.54) is 14.0 Å². The van der Waals surface area contributed by atoms with E-state index in [2.05, 4.69) is 23.2 Å². The van der Waals surface area contributed by atoms with Crippen LogP contribution in [0.2, 0.25) is 0 Å². The van der Waals surface area contributed by atoms with Crippen molar-refractivity contribution in [2.24, 2.45) is 0 Å². The van der Waals surface area contributed by atoms with Gasteiger partial charge in [-0.3, -0.25) is 14.5 Å². The smallest absolute Gasteiger partial charge is 0.328 e. The van der Waals surface area contributed by atoms with Gasteiger partial charge in [-0.05, 0) is 44.2 Å². The average Bonchev–Trinajstić information content (AvgIpc) is 3.17. The number of esters is 1. The van der Waals surface area contributed by atoms with Crippen molar-refractivity contribution in [2.75, 3.05) is 7.11 Å². The molecular formula is C20H22N2O4S. The predicted octanol–water partition coefficient (Wildman–Crippen LogP) is 4.21. The Labute approximate surface area is 162 Å². The van der Waals surface area contributed by atoms with Gasteiger partial charge in [-0.15, -0.1) is 0 Å². The molecule has 2 heterocycles. The summed E-state index contributed by atoms with van der Waals surface area (Å²) in [6.07, 6.45) is 4.72.